The minimum Gasteiger partial charge on any atom is -0.465 e. The fourth-order valence-corrected chi connectivity index (χ4v) is 4.15. The van der Waals surface area contributed by atoms with Crippen LogP contribution in [0.3, 0.4) is 0 Å². The summed E-state index contributed by atoms with van der Waals surface area (Å²) in [7, 11) is -1.65. The van der Waals surface area contributed by atoms with Crippen LogP contribution in [0.2, 0.25) is 0 Å². The van der Waals surface area contributed by atoms with E-state index in [9.17, 15) is 13.2 Å². The van der Waals surface area contributed by atoms with E-state index in [1.165, 1.54) is 13.3 Å². The van der Waals surface area contributed by atoms with E-state index in [0.29, 0.717) is 23.5 Å². The first-order chi connectivity index (χ1) is 11.9. The minimum atomic E-state index is -2.97. The van der Waals surface area contributed by atoms with Crippen molar-refractivity contribution in [3.63, 3.8) is 0 Å². The maximum absolute atomic E-state index is 11.5. The SMILES string of the molecule is COC(=O)c1ccc(Nc2nncc(NC3CCS(=O)(=O)C3)n2)cc1. The average molecular weight is 363 g/mol. The van der Waals surface area contributed by atoms with Crippen molar-refractivity contribution in [2.75, 3.05) is 29.2 Å². The molecule has 10 heteroatoms. The van der Waals surface area contributed by atoms with Crippen LogP contribution in [0, 0.1) is 0 Å². The van der Waals surface area contributed by atoms with Gasteiger partial charge in [0.05, 0.1) is 30.4 Å². The number of nitrogens with one attached hydrogen (secondary N) is 2. The van der Waals surface area contributed by atoms with Gasteiger partial charge in [-0.1, -0.05) is 0 Å². The van der Waals surface area contributed by atoms with Crippen molar-refractivity contribution in [2.45, 2.75) is 12.5 Å². The first-order valence-electron chi connectivity index (χ1n) is 7.57. The van der Waals surface area contributed by atoms with Crippen molar-refractivity contribution in [3.8, 4) is 0 Å². The second-order valence-corrected chi connectivity index (χ2v) is 7.83. The standard InChI is InChI=1S/C15H17N5O4S/c1-24-14(21)10-2-4-11(5-3-10)18-15-19-13(8-16-20-15)17-12-6-7-25(22,23)9-12/h2-5,8,12H,6-7,9H2,1H3,(H2,17,18,19,20). The summed E-state index contributed by atoms with van der Waals surface area (Å²) < 4.78 is 27.6. The molecule has 0 spiro atoms. The molecule has 2 heterocycles. The number of anilines is 3. The lowest BCUT2D eigenvalue weighted by Crippen LogP contribution is -2.21. The first-order valence-corrected chi connectivity index (χ1v) is 9.39. The van der Waals surface area contributed by atoms with Crippen molar-refractivity contribution < 1.29 is 17.9 Å². The molecule has 1 unspecified atom stereocenters. The number of nitrogens with zero attached hydrogens (tertiary/aromatic N) is 3. The van der Waals surface area contributed by atoms with E-state index >= 15 is 0 Å². The van der Waals surface area contributed by atoms with E-state index in [-0.39, 0.29) is 23.5 Å². The number of carbonyl (C=O) groups excluding carboxylic acids is 1. The number of rotatable bonds is 5. The van der Waals surface area contributed by atoms with Gasteiger partial charge in [-0.25, -0.2) is 13.2 Å². The van der Waals surface area contributed by atoms with Gasteiger partial charge in [0.25, 0.3) is 0 Å². The number of methoxy groups -OCH3 is 1. The monoisotopic (exact) mass is 363 g/mol. The second-order valence-electron chi connectivity index (χ2n) is 5.60. The lowest BCUT2D eigenvalue weighted by molar-refractivity contribution is 0.0601. The van der Waals surface area contributed by atoms with E-state index < -0.39 is 15.8 Å². The molecule has 1 saturated heterocycles. The van der Waals surface area contributed by atoms with Crippen LogP contribution in [-0.2, 0) is 14.6 Å². The summed E-state index contributed by atoms with van der Waals surface area (Å²) in [6.07, 6.45) is 1.99. The van der Waals surface area contributed by atoms with Gasteiger partial charge < -0.3 is 15.4 Å². The quantitative estimate of drug-likeness (QED) is 0.749. The molecule has 1 aromatic carbocycles. The molecule has 0 radical (unpaired) electrons. The molecule has 1 aromatic heterocycles. The Morgan fingerprint density at radius 3 is 2.68 bits per heavy atom. The summed E-state index contributed by atoms with van der Waals surface area (Å²) in [5, 5.41) is 13.8. The molecule has 1 aliphatic rings. The number of esters is 1. The lowest BCUT2D eigenvalue weighted by atomic mass is 10.2. The Labute approximate surface area is 144 Å². The van der Waals surface area contributed by atoms with E-state index in [1.807, 2.05) is 0 Å². The highest BCUT2D eigenvalue weighted by Crippen LogP contribution is 2.18. The molecular formula is C15H17N5O4S. The highest BCUT2D eigenvalue weighted by molar-refractivity contribution is 7.91. The molecule has 1 atom stereocenters. The second kappa shape index (κ2) is 7.01. The summed E-state index contributed by atoms with van der Waals surface area (Å²) in [5.74, 6) is 0.569. The number of hydrogen-bond donors (Lipinski definition) is 2. The number of benzene rings is 1. The summed E-state index contributed by atoms with van der Waals surface area (Å²) in [6.45, 7) is 0. The molecule has 3 rings (SSSR count). The van der Waals surface area contributed by atoms with Crippen LogP contribution in [-0.4, -0.2) is 54.2 Å². The van der Waals surface area contributed by atoms with Gasteiger partial charge in [0, 0.05) is 11.7 Å². The van der Waals surface area contributed by atoms with Gasteiger partial charge in [0.1, 0.15) is 0 Å². The largest absolute Gasteiger partial charge is 0.465 e. The molecule has 1 aliphatic heterocycles. The Morgan fingerprint density at radius 2 is 2.04 bits per heavy atom. The van der Waals surface area contributed by atoms with Gasteiger partial charge in [-0.05, 0) is 30.7 Å². The summed E-state index contributed by atoms with van der Waals surface area (Å²) >= 11 is 0. The maximum Gasteiger partial charge on any atom is 0.337 e. The zero-order valence-corrected chi connectivity index (χ0v) is 14.3. The topological polar surface area (TPSA) is 123 Å². The first kappa shape index (κ1) is 17.1. The van der Waals surface area contributed by atoms with Crippen LogP contribution < -0.4 is 10.6 Å². The van der Waals surface area contributed by atoms with Crippen molar-refractivity contribution in [1.29, 1.82) is 0 Å². The molecule has 132 valence electrons. The molecule has 9 nitrogen and oxygen atoms in total. The molecule has 0 amide bonds. The highest BCUT2D eigenvalue weighted by Gasteiger charge is 2.28. The number of carbonyl (C=O) groups is 1. The van der Waals surface area contributed by atoms with Crippen molar-refractivity contribution >= 4 is 33.3 Å². The zero-order valence-electron chi connectivity index (χ0n) is 13.5. The fourth-order valence-electron chi connectivity index (χ4n) is 2.48. The summed E-state index contributed by atoms with van der Waals surface area (Å²) in [5.41, 5.74) is 1.11. The number of ether oxygens (including phenoxy) is 1. The molecule has 2 aromatic rings. The highest BCUT2D eigenvalue weighted by atomic mass is 32.2. The van der Waals surface area contributed by atoms with Gasteiger partial charge in [0.2, 0.25) is 5.95 Å². The molecule has 0 aliphatic carbocycles. The van der Waals surface area contributed by atoms with Crippen LogP contribution >= 0.6 is 0 Å². The molecule has 2 N–H and O–H groups in total. The van der Waals surface area contributed by atoms with Crippen molar-refractivity contribution in [2.24, 2.45) is 0 Å². The predicted octanol–water partition coefficient (Wildman–Crippen LogP) is 1.00. The minimum absolute atomic E-state index is 0.0920. The zero-order chi connectivity index (χ0) is 17.9. The van der Waals surface area contributed by atoms with Gasteiger partial charge in [-0.2, -0.15) is 10.1 Å². The van der Waals surface area contributed by atoms with E-state index in [2.05, 4.69) is 30.6 Å². The third-order valence-electron chi connectivity index (χ3n) is 3.71. The smallest absolute Gasteiger partial charge is 0.337 e. The van der Waals surface area contributed by atoms with Gasteiger partial charge >= 0.3 is 5.97 Å². The number of aromatic nitrogens is 3. The molecule has 0 saturated carbocycles. The van der Waals surface area contributed by atoms with E-state index in [0.717, 1.165) is 0 Å². The predicted molar refractivity (Wildman–Crippen MR) is 91.6 cm³/mol. The third kappa shape index (κ3) is 4.41. The van der Waals surface area contributed by atoms with Crippen molar-refractivity contribution in [1.82, 2.24) is 15.2 Å². The average Bonchev–Trinajstić information content (AvgIpc) is 2.93. The Kier molecular flexibility index (Phi) is 4.79. The van der Waals surface area contributed by atoms with Crippen LogP contribution in [0.1, 0.15) is 16.8 Å². The number of hydrogen-bond acceptors (Lipinski definition) is 9. The van der Waals surface area contributed by atoms with Gasteiger partial charge in [-0.3, -0.25) is 0 Å². The van der Waals surface area contributed by atoms with E-state index in [1.54, 1.807) is 24.3 Å². The number of sulfone groups is 1. The van der Waals surface area contributed by atoms with Gasteiger partial charge in [0.15, 0.2) is 15.7 Å². The van der Waals surface area contributed by atoms with Gasteiger partial charge in [-0.15, -0.1) is 5.10 Å². The molecular weight excluding hydrogens is 346 g/mol. The normalized spacial score (nSPS) is 18.5. The van der Waals surface area contributed by atoms with Crippen LogP contribution in [0.4, 0.5) is 17.5 Å². The Hall–Kier alpha value is -2.75. The third-order valence-corrected chi connectivity index (χ3v) is 5.47. The summed E-state index contributed by atoms with van der Waals surface area (Å²) in [6, 6.07) is 6.45. The van der Waals surface area contributed by atoms with Crippen molar-refractivity contribution in [3.05, 3.63) is 36.0 Å². The molecule has 0 bridgehead atoms. The van der Waals surface area contributed by atoms with Crippen LogP contribution in [0.25, 0.3) is 0 Å². The Morgan fingerprint density at radius 1 is 1.28 bits per heavy atom. The summed E-state index contributed by atoms with van der Waals surface area (Å²) in [4.78, 5) is 15.7. The Bertz CT molecular complexity index is 870. The molecule has 1 fully saturated rings. The Balaban J connectivity index is 1.66. The maximum atomic E-state index is 11.5. The van der Waals surface area contributed by atoms with Crippen LogP contribution in [0.5, 0.6) is 0 Å². The fraction of sp³-hybridized carbons (Fsp3) is 0.333. The lowest BCUT2D eigenvalue weighted by Gasteiger charge is -2.12. The molecule has 25 heavy (non-hydrogen) atoms. The van der Waals surface area contributed by atoms with Crippen LogP contribution in [0.15, 0.2) is 30.5 Å². The van der Waals surface area contributed by atoms with E-state index in [4.69, 9.17) is 0 Å².